The summed E-state index contributed by atoms with van der Waals surface area (Å²) >= 11 is 0. The Bertz CT molecular complexity index is 441. The van der Waals surface area contributed by atoms with Crippen molar-refractivity contribution < 1.29 is 0 Å². The van der Waals surface area contributed by atoms with E-state index in [1.807, 2.05) is 7.05 Å². The number of anilines is 1. The topological polar surface area (TPSA) is 24.1 Å². The molecule has 2 heteroatoms. The first-order valence-corrected chi connectivity index (χ1v) is 6.60. The van der Waals surface area contributed by atoms with Gasteiger partial charge in [-0.15, -0.1) is 0 Å². The van der Waals surface area contributed by atoms with Crippen molar-refractivity contribution in [2.45, 2.75) is 26.3 Å². The van der Waals surface area contributed by atoms with Gasteiger partial charge in [0.05, 0.1) is 0 Å². The third-order valence-corrected chi connectivity index (χ3v) is 3.37. The van der Waals surface area contributed by atoms with Gasteiger partial charge in [0.15, 0.2) is 0 Å². The van der Waals surface area contributed by atoms with Gasteiger partial charge in [-0.3, -0.25) is 0 Å². The lowest BCUT2D eigenvalue weighted by atomic mass is 9.99. The Morgan fingerprint density at radius 1 is 1.00 bits per heavy atom. The third kappa shape index (κ3) is 3.74. The monoisotopic (exact) mass is 242 g/mol. The van der Waals surface area contributed by atoms with Crippen molar-refractivity contribution in [1.82, 2.24) is 5.32 Å². The molecule has 0 aliphatic heterocycles. The predicted octanol–water partition coefficient (Wildman–Crippen LogP) is 3.48. The number of allylic oxidation sites excluding steroid dienone is 3. The van der Waals surface area contributed by atoms with Crippen LogP contribution in [0.3, 0.4) is 0 Å². The van der Waals surface area contributed by atoms with Gasteiger partial charge in [0.2, 0.25) is 0 Å². The first-order valence-electron chi connectivity index (χ1n) is 6.60. The molecule has 0 unspecified atom stereocenters. The van der Waals surface area contributed by atoms with E-state index in [0.29, 0.717) is 0 Å². The zero-order valence-electron chi connectivity index (χ0n) is 11.3. The van der Waals surface area contributed by atoms with Gasteiger partial charge in [-0.25, -0.2) is 0 Å². The molecule has 1 aromatic carbocycles. The van der Waals surface area contributed by atoms with E-state index in [1.165, 1.54) is 29.6 Å². The molecular formula is C16H22N2. The summed E-state index contributed by atoms with van der Waals surface area (Å²) in [4.78, 5) is 0. The first-order chi connectivity index (χ1) is 8.78. The molecule has 2 N–H and O–H groups in total. The van der Waals surface area contributed by atoms with Crippen LogP contribution in [0.25, 0.3) is 0 Å². The molecule has 0 bridgehead atoms. The molecule has 0 spiro atoms. The molecule has 1 aromatic rings. The molecule has 2 rings (SSSR count). The van der Waals surface area contributed by atoms with Crippen LogP contribution in [-0.4, -0.2) is 13.6 Å². The molecule has 0 aromatic heterocycles. The summed E-state index contributed by atoms with van der Waals surface area (Å²) in [5.41, 5.74) is 5.49. The minimum atomic E-state index is 0.935. The quantitative estimate of drug-likeness (QED) is 0.826. The van der Waals surface area contributed by atoms with Gasteiger partial charge in [-0.2, -0.15) is 0 Å². The summed E-state index contributed by atoms with van der Waals surface area (Å²) in [5.74, 6) is 0. The zero-order chi connectivity index (χ0) is 12.8. The van der Waals surface area contributed by atoms with E-state index in [1.54, 1.807) is 0 Å². The van der Waals surface area contributed by atoms with Crippen LogP contribution in [0.5, 0.6) is 0 Å². The Morgan fingerprint density at radius 2 is 1.78 bits per heavy atom. The molecule has 96 valence electrons. The van der Waals surface area contributed by atoms with E-state index in [2.05, 4.69) is 54.0 Å². The summed E-state index contributed by atoms with van der Waals surface area (Å²) in [5, 5.41) is 6.64. The maximum absolute atomic E-state index is 3.51. The second kappa shape index (κ2) is 6.41. The average molecular weight is 242 g/mol. The van der Waals surface area contributed by atoms with Crippen molar-refractivity contribution in [2.75, 3.05) is 18.9 Å². The SMILES string of the molecule is CNc1ccc(CNCC2=CC=C(C)CC2)cc1. The van der Waals surface area contributed by atoms with Gasteiger partial charge in [-0.1, -0.05) is 35.4 Å². The van der Waals surface area contributed by atoms with Crippen LogP contribution < -0.4 is 10.6 Å². The van der Waals surface area contributed by atoms with Gasteiger partial charge in [-0.05, 0) is 37.5 Å². The summed E-state index contributed by atoms with van der Waals surface area (Å²) in [6.45, 7) is 4.13. The van der Waals surface area contributed by atoms with E-state index < -0.39 is 0 Å². The smallest absolute Gasteiger partial charge is 0.0337 e. The van der Waals surface area contributed by atoms with Crippen molar-refractivity contribution in [1.29, 1.82) is 0 Å². The Morgan fingerprint density at radius 3 is 2.39 bits per heavy atom. The van der Waals surface area contributed by atoms with E-state index in [4.69, 9.17) is 0 Å². The number of rotatable bonds is 5. The number of benzene rings is 1. The van der Waals surface area contributed by atoms with Gasteiger partial charge in [0.25, 0.3) is 0 Å². The lowest BCUT2D eigenvalue weighted by Gasteiger charge is -2.13. The molecule has 0 saturated carbocycles. The predicted molar refractivity (Wildman–Crippen MR) is 78.8 cm³/mol. The number of hydrogen-bond acceptors (Lipinski definition) is 2. The van der Waals surface area contributed by atoms with Crippen molar-refractivity contribution in [2.24, 2.45) is 0 Å². The van der Waals surface area contributed by atoms with Crippen molar-refractivity contribution in [3.63, 3.8) is 0 Å². The lowest BCUT2D eigenvalue weighted by molar-refractivity contribution is 0.710. The van der Waals surface area contributed by atoms with Crippen LogP contribution >= 0.6 is 0 Å². The summed E-state index contributed by atoms with van der Waals surface area (Å²) < 4.78 is 0. The second-order valence-corrected chi connectivity index (χ2v) is 4.89. The maximum atomic E-state index is 3.51. The fourth-order valence-corrected chi connectivity index (χ4v) is 2.09. The molecule has 0 heterocycles. The Kier molecular flexibility index (Phi) is 4.59. The maximum Gasteiger partial charge on any atom is 0.0337 e. The van der Waals surface area contributed by atoms with Crippen molar-refractivity contribution in [3.05, 3.63) is 53.1 Å². The Labute approximate surface area is 110 Å². The number of hydrogen-bond donors (Lipinski definition) is 2. The lowest BCUT2D eigenvalue weighted by Crippen LogP contribution is -2.17. The largest absolute Gasteiger partial charge is 0.388 e. The van der Waals surface area contributed by atoms with Gasteiger partial charge in [0, 0.05) is 25.8 Å². The van der Waals surface area contributed by atoms with E-state index in [9.17, 15) is 0 Å². The van der Waals surface area contributed by atoms with Crippen LogP contribution in [0.2, 0.25) is 0 Å². The highest BCUT2D eigenvalue weighted by atomic mass is 14.8. The summed E-state index contributed by atoms with van der Waals surface area (Å²) in [6.07, 6.45) is 6.91. The van der Waals surface area contributed by atoms with E-state index in [0.717, 1.165) is 18.8 Å². The molecule has 0 fully saturated rings. The van der Waals surface area contributed by atoms with Crippen molar-refractivity contribution in [3.8, 4) is 0 Å². The molecule has 1 aliphatic carbocycles. The molecule has 0 atom stereocenters. The van der Waals surface area contributed by atoms with Crippen molar-refractivity contribution >= 4 is 5.69 Å². The second-order valence-electron chi connectivity index (χ2n) is 4.89. The molecule has 0 amide bonds. The average Bonchev–Trinajstić information content (AvgIpc) is 2.42. The highest BCUT2D eigenvalue weighted by Gasteiger charge is 2.02. The minimum Gasteiger partial charge on any atom is -0.388 e. The molecule has 0 radical (unpaired) electrons. The minimum absolute atomic E-state index is 0.935. The Balaban J connectivity index is 1.78. The molecule has 18 heavy (non-hydrogen) atoms. The van der Waals surface area contributed by atoms with Crippen LogP contribution in [-0.2, 0) is 6.54 Å². The fourth-order valence-electron chi connectivity index (χ4n) is 2.09. The number of nitrogens with one attached hydrogen (secondary N) is 2. The summed E-state index contributed by atoms with van der Waals surface area (Å²) in [6, 6.07) is 8.56. The van der Waals surface area contributed by atoms with Gasteiger partial charge in [0.1, 0.15) is 0 Å². The first kappa shape index (κ1) is 12.9. The summed E-state index contributed by atoms with van der Waals surface area (Å²) in [7, 11) is 1.94. The molecule has 1 aliphatic rings. The molecular weight excluding hydrogens is 220 g/mol. The standard InChI is InChI=1S/C16H22N2/c1-13-3-5-14(6-4-13)11-18-12-15-7-9-16(17-2)10-8-15/h3,5,7-10,17-18H,4,6,11-12H2,1-2H3. The van der Waals surface area contributed by atoms with Gasteiger partial charge >= 0.3 is 0 Å². The highest BCUT2D eigenvalue weighted by Crippen LogP contribution is 2.17. The molecule has 0 saturated heterocycles. The van der Waals surface area contributed by atoms with E-state index in [-0.39, 0.29) is 0 Å². The molecule has 2 nitrogen and oxygen atoms in total. The van der Waals surface area contributed by atoms with Gasteiger partial charge < -0.3 is 10.6 Å². The van der Waals surface area contributed by atoms with E-state index >= 15 is 0 Å². The Hall–Kier alpha value is -1.54. The van der Waals surface area contributed by atoms with Crippen LogP contribution in [0, 0.1) is 0 Å². The van der Waals surface area contributed by atoms with Crippen LogP contribution in [0.4, 0.5) is 5.69 Å². The third-order valence-electron chi connectivity index (χ3n) is 3.37. The fraction of sp³-hybridized carbons (Fsp3) is 0.375. The van der Waals surface area contributed by atoms with Crippen LogP contribution in [0.1, 0.15) is 25.3 Å². The zero-order valence-corrected chi connectivity index (χ0v) is 11.3. The van der Waals surface area contributed by atoms with Crippen LogP contribution in [0.15, 0.2) is 47.6 Å². The highest BCUT2D eigenvalue weighted by molar-refractivity contribution is 5.43. The normalized spacial score (nSPS) is 15.0.